The number of benzene rings is 1. The van der Waals surface area contributed by atoms with E-state index in [1.165, 1.54) is 12.8 Å². The van der Waals surface area contributed by atoms with Crippen LogP contribution in [-0.4, -0.2) is 25.2 Å². The summed E-state index contributed by atoms with van der Waals surface area (Å²) in [5.41, 5.74) is 1.02. The van der Waals surface area contributed by atoms with Gasteiger partial charge in [0, 0.05) is 6.04 Å². The zero-order valence-electron chi connectivity index (χ0n) is 11.7. The average Bonchev–Trinajstić information content (AvgIpc) is 3.26. The minimum Gasteiger partial charge on any atom is -0.445 e. The van der Waals surface area contributed by atoms with Crippen LogP contribution >= 0.6 is 0 Å². The highest BCUT2D eigenvalue weighted by atomic mass is 16.5. The van der Waals surface area contributed by atoms with Gasteiger partial charge in [-0.05, 0) is 49.8 Å². The third kappa shape index (κ3) is 3.51. The molecule has 1 aliphatic carbocycles. The van der Waals surface area contributed by atoms with Gasteiger partial charge in [-0.1, -0.05) is 30.3 Å². The van der Waals surface area contributed by atoms with Crippen molar-refractivity contribution in [3.05, 3.63) is 35.9 Å². The number of hydrogen-bond acceptors (Lipinski definition) is 3. The molecule has 1 aromatic rings. The van der Waals surface area contributed by atoms with Gasteiger partial charge in [-0.3, -0.25) is 0 Å². The summed E-state index contributed by atoms with van der Waals surface area (Å²) >= 11 is 0. The van der Waals surface area contributed by atoms with Crippen LogP contribution in [0.4, 0.5) is 4.79 Å². The highest BCUT2D eigenvalue weighted by molar-refractivity contribution is 5.68. The average molecular weight is 274 g/mol. The maximum absolute atomic E-state index is 11.7. The Morgan fingerprint density at radius 3 is 2.75 bits per heavy atom. The SMILES string of the molecule is O=C(N[C@@H]1C[C@@H]1C1CCNCC1)OCc1ccccc1. The van der Waals surface area contributed by atoms with Gasteiger partial charge in [-0.15, -0.1) is 0 Å². The molecule has 1 aliphatic heterocycles. The smallest absolute Gasteiger partial charge is 0.407 e. The number of piperidine rings is 1. The Hall–Kier alpha value is -1.55. The maximum atomic E-state index is 11.7. The highest BCUT2D eigenvalue weighted by Crippen LogP contribution is 2.41. The topological polar surface area (TPSA) is 50.4 Å². The number of ether oxygens (including phenoxy) is 1. The summed E-state index contributed by atoms with van der Waals surface area (Å²) in [6, 6.07) is 10.1. The van der Waals surface area contributed by atoms with Crippen LogP contribution in [0, 0.1) is 11.8 Å². The van der Waals surface area contributed by atoms with Crippen LogP contribution in [0.2, 0.25) is 0 Å². The highest BCUT2D eigenvalue weighted by Gasteiger charge is 2.44. The van der Waals surface area contributed by atoms with Gasteiger partial charge < -0.3 is 15.4 Å². The molecule has 1 saturated heterocycles. The lowest BCUT2D eigenvalue weighted by Crippen LogP contribution is -2.32. The molecule has 2 atom stereocenters. The van der Waals surface area contributed by atoms with Crippen molar-refractivity contribution in [3.8, 4) is 0 Å². The van der Waals surface area contributed by atoms with Crippen LogP contribution in [0.25, 0.3) is 0 Å². The molecule has 1 heterocycles. The minimum absolute atomic E-state index is 0.282. The molecule has 1 saturated carbocycles. The second-order valence-electron chi connectivity index (χ2n) is 5.80. The van der Waals surface area contributed by atoms with E-state index in [0.717, 1.165) is 31.0 Å². The molecule has 4 heteroatoms. The number of carbonyl (C=O) groups is 1. The van der Waals surface area contributed by atoms with Gasteiger partial charge in [-0.25, -0.2) is 4.79 Å². The Labute approximate surface area is 119 Å². The van der Waals surface area contributed by atoms with E-state index >= 15 is 0 Å². The minimum atomic E-state index is -0.282. The van der Waals surface area contributed by atoms with Gasteiger partial charge in [0.25, 0.3) is 0 Å². The van der Waals surface area contributed by atoms with Gasteiger partial charge in [0.15, 0.2) is 0 Å². The fraction of sp³-hybridized carbons (Fsp3) is 0.562. The summed E-state index contributed by atoms with van der Waals surface area (Å²) in [7, 11) is 0. The van der Waals surface area contributed by atoms with Crippen molar-refractivity contribution in [1.29, 1.82) is 0 Å². The molecular formula is C16H22N2O2. The lowest BCUT2D eigenvalue weighted by atomic mass is 9.93. The summed E-state index contributed by atoms with van der Waals surface area (Å²) < 4.78 is 5.25. The molecule has 0 unspecified atom stereocenters. The molecule has 108 valence electrons. The van der Waals surface area contributed by atoms with Crippen molar-refractivity contribution >= 4 is 6.09 Å². The second-order valence-corrected chi connectivity index (χ2v) is 5.80. The Bertz CT molecular complexity index is 443. The molecule has 0 spiro atoms. The number of hydrogen-bond donors (Lipinski definition) is 2. The van der Waals surface area contributed by atoms with Gasteiger partial charge in [0.1, 0.15) is 6.61 Å². The van der Waals surface area contributed by atoms with E-state index in [2.05, 4.69) is 10.6 Å². The molecule has 4 nitrogen and oxygen atoms in total. The molecule has 3 rings (SSSR count). The van der Waals surface area contributed by atoms with E-state index in [0.29, 0.717) is 18.6 Å². The standard InChI is InChI=1S/C16H22N2O2/c19-16(20-11-12-4-2-1-3-5-12)18-15-10-14(15)13-6-8-17-9-7-13/h1-5,13-15,17H,6-11H2,(H,18,19)/t14-,15-/m1/s1. The van der Waals surface area contributed by atoms with Crippen LogP contribution in [0.3, 0.4) is 0 Å². The molecule has 1 amide bonds. The number of rotatable bonds is 4. The van der Waals surface area contributed by atoms with Crippen molar-refractivity contribution in [2.24, 2.45) is 11.8 Å². The number of alkyl carbamates (subject to hydrolysis) is 1. The second kappa shape index (κ2) is 6.27. The van der Waals surface area contributed by atoms with Crippen LogP contribution in [0.15, 0.2) is 30.3 Å². The molecular weight excluding hydrogens is 252 g/mol. The summed E-state index contributed by atoms with van der Waals surface area (Å²) in [6.07, 6.45) is 3.31. The number of amides is 1. The zero-order valence-corrected chi connectivity index (χ0v) is 11.7. The Morgan fingerprint density at radius 1 is 1.25 bits per heavy atom. The Kier molecular flexibility index (Phi) is 4.21. The molecule has 0 radical (unpaired) electrons. The van der Waals surface area contributed by atoms with Gasteiger partial charge in [-0.2, -0.15) is 0 Å². The molecule has 2 aliphatic rings. The van der Waals surface area contributed by atoms with E-state index < -0.39 is 0 Å². The lowest BCUT2D eigenvalue weighted by molar-refractivity contribution is 0.138. The van der Waals surface area contributed by atoms with Crippen LogP contribution in [0.5, 0.6) is 0 Å². The normalized spacial score (nSPS) is 26.0. The summed E-state index contributed by atoms with van der Waals surface area (Å²) in [5.74, 6) is 1.44. The Balaban J connectivity index is 1.37. The third-order valence-electron chi connectivity index (χ3n) is 4.35. The van der Waals surface area contributed by atoms with Crippen LogP contribution < -0.4 is 10.6 Å². The maximum Gasteiger partial charge on any atom is 0.407 e. The fourth-order valence-electron chi connectivity index (χ4n) is 3.09. The third-order valence-corrected chi connectivity index (χ3v) is 4.35. The molecule has 2 N–H and O–H groups in total. The van der Waals surface area contributed by atoms with E-state index in [9.17, 15) is 4.79 Å². The quantitative estimate of drug-likeness (QED) is 0.886. The molecule has 20 heavy (non-hydrogen) atoms. The Morgan fingerprint density at radius 2 is 2.00 bits per heavy atom. The lowest BCUT2D eigenvalue weighted by Gasteiger charge is -2.22. The van der Waals surface area contributed by atoms with Gasteiger partial charge in [0.05, 0.1) is 0 Å². The number of carbonyl (C=O) groups excluding carboxylic acids is 1. The largest absolute Gasteiger partial charge is 0.445 e. The van der Waals surface area contributed by atoms with E-state index in [-0.39, 0.29) is 6.09 Å². The first kappa shape index (κ1) is 13.4. The molecule has 0 aromatic heterocycles. The molecule has 0 bridgehead atoms. The first-order chi connectivity index (χ1) is 9.83. The first-order valence-electron chi connectivity index (χ1n) is 7.51. The van der Waals surface area contributed by atoms with Crippen molar-refractivity contribution in [3.63, 3.8) is 0 Å². The predicted octanol–water partition coefficient (Wildman–Crippen LogP) is 2.30. The fourth-order valence-corrected chi connectivity index (χ4v) is 3.09. The summed E-state index contributed by atoms with van der Waals surface area (Å²) in [5, 5.41) is 6.37. The van der Waals surface area contributed by atoms with E-state index in [1.54, 1.807) is 0 Å². The predicted molar refractivity (Wildman–Crippen MR) is 77.3 cm³/mol. The monoisotopic (exact) mass is 274 g/mol. The van der Waals surface area contributed by atoms with Gasteiger partial charge in [0.2, 0.25) is 0 Å². The first-order valence-corrected chi connectivity index (χ1v) is 7.51. The van der Waals surface area contributed by atoms with Gasteiger partial charge >= 0.3 is 6.09 Å². The van der Waals surface area contributed by atoms with Crippen molar-refractivity contribution in [2.75, 3.05) is 13.1 Å². The molecule has 2 fully saturated rings. The summed E-state index contributed by atoms with van der Waals surface area (Å²) in [4.78, 5) is 11.7. The van der Waals surface area contributed by atoms with Crippen LogP contribution in [-0.2, 0) is 11.3 Å². The van der Waals surface area contributed by atoms with E-state index in [1.807, 2.05) is 30.3 Å². The van der Waals surface area contributed by atoms with Crippen LogP contribution in [0.1, 0.15) is 24.8 Å². The van der Waals surface area contributed by atoms with Crippen molar-refractivity contribution in [2.45, 2.75) is 31.9 Å². The molecule has 1 aromatic carbocycles. The summed E-state index contributed by atoms with van der Waals surface area (Å²) in [6.45, 7) is 2.58. The van der Waals surface area contributed by atoms with E-state index in [4.69, 9.17) is 4.74 Å². The van der Waals surface area contributed by atoms with Crippen molar-refractivity contribution in [1.82, 2.24) is 10.6 Å². The zero-order chi connectivity index (χ0) is 13.8. The number of nitrogens with one attached hydrogen (secondary N) is 2. The van der Waals surface area contributed by atoms with Crippen molar-refractivity contribution < 1.29 is 9.53 Å².